The summed E-state index contributed by atoms with van der Waals surface area (Å²) in [6, 6.07) is 7.98. The first-order chi connectivity index (χ1) is 16.0. The molecule has 0 aliphatic carbocycles. The van der Waals surface area contributed by atoms with Crippen molar-refractivity contribution in [3.8, 4) is 5.75 Å². The summed E-state index contributed by atoms with van der Waals surface area (Å²) >= 11 is 5.88. The van der Waals surface area contributed by atoms with Gasteiger partial charge in [0.15, 0.2) is 0 Å². The molecule has 10 heteroatoms. The van der Waals surface area contributed by atoms with E-state index in [1.807, 2.05) is 0 Å². The number of nitrogens with zero attached hydrogens (tertiary/aromatic N) is 3. The largest absolute Gasteiger partial charge is 0.494 e. The molecule has 3 N–H and O–H groups in total. The molecule has 4 rings (SSSR count). The summed E-state index contributed by atoms with van der Waals surface area (Å²) in [5.74, 6) is 0.318. The van der Waals surface area contributed by atoms with Crippen molar-refractivity contribution in [1.82, 2.24) is 14.9 Å². The van der Waals surface area contributed by atoms with Crippen LogP contribution in [0.1, 0.15) is 19.3 Å². The number of rotatable bonds is 9. The first kappa shape index (κ1) is 23.2. The number of carbonyl (C=O) groups excluding carboxylic acids is 1. The molecule has 3 aromatic rings. The number of ether oxygens (including phenoxy) is 1. The van der Waals surface area contributed by atoms with Gasteiger partial charge in [0.05, 0.1) is 29.9 Å². The van der Waals surface area contributed by atoms with E-state index in [0.29, 0.717) is 46.7 Å². The second-order valence-corrected chi connectivity index (χ2v) is 8.27. The maximum atomic E-state index is 13.5. The van der Waals surface area contributed by atoms with Gasteiger partial charge in [-0.3, -0.25) is 9.69 Å². The van der Waals surface area contributed by atoms with Crippen LogP contribution in [0.2, 0.25) is 5.02 Å². The molecule has 2 aromatic carbocycles. The third-order valence-corrected chi connectivity index (χ3v) is 6.03. The van der Waals surface area contributed by atoms with Crippen molar-refractivity contribution in [3.05, 3.63) is 47.5 Å². The molecular weight excluding hydrogens is 449 g/mol. The van der Waals surface area contributed by atoms with Gasteiger partial charge in [0.2, 0.25) is 5.91 Å². The Kier molecular flexibility index (Phi) is 7.22. The van der Waals surface area contributed by atoms with Crippen molar-refractivity contribution in [2.45, 2.75) is 25.3 Å². The molecule has 1 unspecified atom stereocenters. The third-order valence-electron chi connectivity index (χ3n) is 5.74. The highest BCUT2D eigenvalue weighted by atomic mass is 35.5. The van der Waals surface area contributed by atoms with Crippen molar-refractivity contribution < 1.29 is 19.0 Å². The molecule has 174 valence electrons. The number of nitrogens with one attached hydrogen (secondary N) is 2. The number of anilines is 3. The number of amides is 1. The predicted molar refractivity (Wildman–Crippen MR) is 126 cm³/mol. The van der Waals surface area contributed by atoms with Crippen LogP contribution in [0.5, 0.6) is 5.75 Å². The highest BCUT2D eigenvalue weighted by molar-refractivity contribution is 6.31. The Morgan fingerprint density at radius 3 is 2.88 bits per heavy atom. The van der Waals surface area contributed by atoms with E-state index in [4.69, 9.17) is 16.3 Å². The molecule has 1 saturated heterocycles. The normalized spacial score (nSPS) is 15.8. The fourth-order valence-corrected chi connectivity index (χ4v) is 3.99. The van der Waals surface area contributed by atoms with Gasteiger partial charge in [0.1, 0.15) is 23.7 Å². The average molecular weight is 474 g/mol. The minimum atomic E-state index is -0.509. The molecule has 1 aromatic heterocycles. The van der Waals surface area contributed by atoms with Crippen molar-refractivity contribution in [2.75, 3.05) is 37.4 Å². The Balaban J connectivity index is 1.50. The molecule has 1 aliphatic heterocycles. The van der Waals surface area contributed by atoms with Crippen molar-refractivity contribution in [2.24, 2.45) is 0 Å². The third kappa shape index (κ3) is 5.32. The van der Waals surface area contributed by atoms with Gasteiger partial charge in [-0.25, -0.2) is 14.4 Å². The summed E-state index contributed by atoms with van der Waals surface area (Å²) in [4.78, 5) is 23.3. The molecule has 1 aliphatic rings. The fourth-order valence-electron chi connectivity index (χ4n) is 3.81. The van der Waals surface area contributed by atoms with Gasteiger partial charge in [-0.2, -0.15) is 0 Å². The lowest BCUT2D eigenvalue weighted by Crippen LogP contribution is -2.50. The number of aliphatic hydroxyl groups excluding tert-OH is 1. The van der Waals surface area contributed by atoms with Crippen LogP contribution in [-0.2, 0) is 4.79 Å². The number of aromatic nitrogens is 2. The molecule has 33 heavy (non-hydrogen) atoms. The number of fused-ring (bicyclic) bond motifs is 1. The van der Waals surface area contributed by atoms with Gasteiger partial charge >= 0.3 is 0 Å². The van der Waals surface area contributed by atoms with E-state index < -0.39 is 5.82 Å². The Morgan fingerprint density at radius 1 is 1.33 bits per heavy atom. The van der Waals surface area contributed by atoms with Crippen LogP contribution in [0.25, 0.3) is 10.9 Å². The topological polar surface area (TPSA) is 99.6 Å². The highest BCUT2D eigenvalue weighted by Gasteiger charge is 2.26. The van der Waals surface area contributed by atoms with Crippen LogP contribution in [0.3, 0.4) is 0 Å². The number of carbonyl (C=O) groups is 1. The summed E-state index contributed by atoms with van der Waals surface area (Å²) < 4.78 is 18.9. The molecule has 0 spiro atoms. The van der Waals surface area contributed by atoms with Gasteiger partial charge < -0.3 is 20.5 Å². The smallest absolute Gasteiger partial charge is 0.224 e. The van der Waals surface area contributed by atoms with Gasteiger partial charge in [-0.1, -0.05) is 11.6 Å². The van der Waals surface area contributed by atoms with E-state index in [1.54, 1.807) is 18.2 Å². The Bertz CT molecular complexity index is 1160. The van der Waals surface area contributed by atoms with Gasteiger partial charge in [-0.15, -0.1) is 0 Å². The second kappa shape index (κ2) is 10.3. The summed E-state index contributed by atoms with van der Waals surface area (Å²) in [5.41, 5.74) is 1.68. The van der Waals surface area contributed by atoms with Crippen LogP contribution in [-0.4, -0.2) is 58.7 Å². The number of aliphatic hydroxyl groups is 1. The zero-order valence-corrected chi connectivity index (χ0v) is 18.9. The van der Waals surface area contributed by atoms with Gasteiger partial charge in [-0.05, 0) is 43.7 Å². The van der Waals surface area contributed by atoms with Crippen molar-refractivity contribution >= 4 is 45.6 Å². The first-order valence-electron chi connectivity index (χ1n) is 10.7. The van der Waals surface area contributed by atoms with Crippen molar-refractivity contribution in [3.63, 3.8) is 0 Å². The number of methoxy groups -OCH3 is 1. The van der Waals surface area contributed by atoms with E-state index in [0.717, 1.165) is 19.5 Å². The molecule has 0 saturated carbocycles. The van der Waals surface area contributed by atoms with E-state index in [-0.39, 0.29) is 23.6 Å². The minimum absolute atomic E-state index is 0.00322. The van der Waals surface area contributed by atoms with Crippen LogP contribution in [0, 0.1) is 5.82 Å². The summed E-state index contributed by atoms with van der Waals surface area (Å²) in [6.45, 7) is 1.89. The standard InChI is InChI=1S/C23H25ClFN5O3/c1-33-21-11-19-16(23(27-13-26-19)28-14-4-5-18(25)17(24)9-14)10-20(21)29-22(32)3-2-7-30-8-6-15(30)12-31/h4-5,9-11,13,15,31H,2-3,6-8,12H2,1H3,(H,29,32)(H,26,27,28). The lowest BCUT2D eigenvalue weighted by Gasteiger charge is -2.39. The lowest BCUT2D eigenvalue weighted by atomic mass is 10.0. The Labute approximate surface area is 195 Å². The zero-order chi connectivity index (χ0) is 23.4. The summed E-state index contributed by atoms with van der Waals surface area (Å²) in [5, 5.41) is 16.0. The molecule has 8 nitrogen and oxygen atoms in total. The Morgan fingerprint density at radius 2 is 2.18 bits per heavy atom. The molecule has 1 amide bonds. The molecular formula is C23H25ClFN5O3. The number of hydrogen-bond donors (Lipinski definition) is 3. The predicted octanol–water partition coefficient (Wildman–Crippen LogP) is 3.96. The van der Waals surface area contributed by atoms with Gasteiger partial charge in [0, 0.05) is 36.1 Å². The second-order valence-electron chi connectivity index (χ2n) is 7.86. The maximum Gasteiger partial charge on any atom is 0.224 e. The molecule has 0 radical (unpaired) electrons. The number of hydrogen-bond acceptors (Lipinski definition) is 7. The summed E-state index contributed by atoms with van der Waals surface area (Å²) in [6.07, 6.45) is 3.45. The number of benzene rings is 2. The SMILES string of the molecule is COc1cc2ncnc(Nc3ccc(F)c(Cl)c3)c2cc1NC(=O)CCCN1CCC1CO. The average Bonchev–Trinajstić information content (AvgIpc) is 2.78. The number of halogens is 2. The van der Waals surface area contributed by atoms with Crippen molar-refractivity contribution in [1.29, 1.82) is 0 Å². The zero-order valence-electron chi connectivity index (χ0n) is 18.1. The van der Waals surface area contributed by atoms with Crippen LogP contribution in [0.15, 0.2) is 36.7 Å². The Hall–Kier alpha value is -3.01. The first-order valence-corrected chi connectivity index (χ1v) is 11.1. The van der Waals surface area contributed by atoms with Crippen LogP contribution >= 0.6 is 11.6 Å². The molecule has 2 heterocycles. The van der Waals surface area contributed by atoms with E-state index in [1.165, 1.54) is 25.6 Å². The highest BCUT2D eigenvalue weighted by Crippen LogP contribution is 2.33. The monoisotopic (exact) mass is 473 g/mol. The maximum absolute atomic E-state index is 13.5. The molecule has 1 atom stereocenters. The molecule has 0 bridgehead atoms. The fraction of sp³-hybridized carbons (Fsp3) is 0.348. The van der Waals surface area contributed by atoms with Crippen LogP contribution in [0.4, 0.5) is 21.6 Å². The molecule has 1 fully saturated rings. The van der Waals surface area contributed by atoms with E-state index >= 15 is 0 Å². The summed E-state index contributed by atoms with van der Waals surface area (Å²) in [7, 11) is 1.52. The van der Waals surface area contributed by atoms with Crippen LogP contribution < -0.4 is 15.4 Å². The quantitative estimate of drug-likeness (QED) is 0.432. The van der Waals surface area contributed by atoms with Gasteiger partial charge in [0.25, 0.3) is 0 Å². The lowest BCUT2D eigenvalue weighted by molar-refractivity contribution is -0.116. The van der Waals surface area contributed by atoms with E-state index in [9.17, 15) is 14.3 Å². The minimum Gasteiger partial charge on any atom is -0.494 e. The van der Waals surface area contributed by atoms with E-state index in [2.05, 4.69) is 25.5 Å². The number of likely N-dealkylation sites (tertiary alicyclic amines) is 1.